The zero-order chi connectivity index (χ0) is 15.2. The summed E-state index contributed by atoms with van der Waals surface area (Å²) in [6.45, 7) is 0.0874. The molecule has 0 saturated heterocycles. The van der Waals surface area contributed by atoms with Gasteiger partial charge in [-0.3, -0.25) is 9.59 Å². The van der Waals surface area contributed by atoms with E-state index in [1.165, 1.54) is 18.2 Å². The van der Waals surface area contributed by atoms with Crippen molar-refractivity contribution in [1.82, 2.24) is 5.32 Å². The van der Waals surface area contributed by atoms with Crippen LogP contribution in [0.25, 0.3) is 0 Å². The molecular formula is C15H15F2NO3. The summed E-state index contributed by atoms with van der Waals surface area (Å²) < 4.78 is 27.2. The average Bonchev–Trinajstić information content (AvgIpc) is 3.31. The first-order valence-corrected chi connectivity index (χ1v) is 6.90. The molecular weight excluding hydrogens is 280 g/mol. The van der Waals surface area contributed by atoms with Crippen LogP contribution in [-0.2, 0) is 9.59 Å². The van der Waals surface area contributed by atoms with Crippen LogP contribution in [-0.4, -0.2) is 23.5 Å². The van der Waals surface area contributed by atoms with Crippen LogP contribution in [0.1, 0.15) is 30.7 Å². The minimum absolute atomic E-state index is 0.0444. The number of hydrogen-bond acceptors (Lipinski definition) is 2. The van der Waals surface area contributed by atoms with Crippen molar-refractivity contribution in [3.05, 3.63) is 35.4 Å². The molecule has 2 atom stereocenters. The lowest BCUT2D eigenvalue weighted by atomic mass is 10.1. The number of rotatable bonds is 5. The number of carbonyl (C=O) groups excluding carboxylic acids is 1. The highest BCUT2D eigenvalue weighted by atomic mass is 19.1. The molecule has 1 amide bonds. The highest BCUT2D eigenvalue weighted by Crippen LogP contribution is 2.50. The molecule has 2 aliphatic carbocycles. The van der Waals surface area contributed by atoms with Crippen LogP contribution in [0.5, 0.6) is 0 Å². The minimum Gasteiger partial charge on any atom is -0.481 e. The third kappa shape index (κ3) is 2.50. The smallest absolute Gasteiger partial charge is 0.311 e. The van der Waals surface area contributed by atoms with E-state index in [-0.39, 0.29) is 18.0 Å². The number of carboxylic acid groups (broad SMARTS) is 1. The predicted octanol–water partition coefficient (Wildman–Crippen LogP) is 2.05. The van der Waals surface area contributed by atoms with Crippen LogP contribution in [0.15, 0.2) is 18.2 Å². The molecule has 6 heteroatoms. The zero-order valence-electron chi connectivity index (χ0n) is 11.2. The number of hydrogen-bond donors (Lipinski definition) is 2. The first kappa shape index (κ1) is 14.0. The standard InChI is InChI=1S/C15H15F2NO3/c16-10-2-1-3-11(17)12(10)8-6-9(8)13(19)18-7-15(4-5-15)14(20)21/h1-3,8-9H,4-7H2,(H,18,19)(H,20,21). The highest BCUT2D eigenvalue weighted by molar-refractivity contribution is 5.84. The van der Waals surface area contributed by atoms with Gasteiger partial charge < -0.3 is 10.4 Å². The number of halogens is 2. The Kier molecular flexibility index (Phi) is 3.19. The quantitative estimate of drug-likeness (QED) is 0.873. The Morgan fingerprint density at radius 1 is 1.29 bits per heavy atom. The molecule has 2 N–H and O–H groups in total. The summed E-state index contributed by atoms with van der Waals surface area (Å²) in [6, 6.07) is 3.64. The monoisotopic (exact) mass is 295 g/mol. The molecule has 1 aromatic rings. The Labute approximate surface area is 120 Å². The van der Waals surface area contributed by atoms with Gasteiger partial charge in [-0.2, -0.15) is 0 Å². The number of aliphatic carboxylic acids is 1. The van der Waals surface area contributed by atoms with Crippen molar-refractivity contribution < 1.29 is 23.5 Å². The van der Waals surface area contributed by atoms with Crippen molar-refractivity contribution in [2.24, 2.45) is 11.3 Å². The van der Waals surface area contributed by atoms with Crippen LogP contribution < -0.4 is 5.32 Å². The molecule has 2 fully saturated rings. The summed E-state index contributed by atoms with van der Waals surface area (Å²) in [6.07, 6.45) is 1.50. The average molecular weight is 295 g/mol. The molecule has 2 unspecified atom stereocenters. The van der Waals surface area contributed by atoms with Gasteiger partial charge in [-0.1, -0.05) is 6.07 Å². The van der Waals surface area contributed by atoms with Gasteiger partial charge in [0.2, 0.25) is 5.91 Å². The second-order valence-corrected chi connectivity index (χ2v) is 5.89. The van der Waals surface area contributed by atoms with Gasteiger partial charge in [0.25, 0.3) is 0 Å². The van der Waals surface area contributed by atoms with Gasteiger partial charge in [0.1, 0.15) is 11.6 Å². The van der Waals surface area contributed by atoms with E-state index in [1.54, 1.807) is 0 Å². The van der Waals surface area contributed by atoms with Crippen molar-refractivity contribution >= 4 is 11.9 Å². The third-order valence-corrected chi connectivity index (χ3v) is 4.41. The van der Waals surface area contributed by atoms with Gasteiger partial charge in [-0.05, 0) is 31.4 Å². The number of carbonyl (C=O) groups is 2. The molecule has 4 nitrogen and oxygen atoms in total. The second-order valence-electron chi connectivity index (χ2n) is 5.89. The van der Waals surface area contributed by atoms with Crippen LogP contribution in [0, 0.1) is 23.0 Å². The Morgan fingerprint density at radius 2 is 1.90 bits per heavy atom. The molecule has 0 aliphatic heterocycles. The fourth-order valence-electron chi connectivity index (χ4n) is 2.67. The Bertz CT molecular complexity index is 593. The molecule has 112 valence electrons. The summed E-state index contributed by atoms with van der Waals surface area (Å²) >= 11 is 0. The lowest BCUT2D eigenvalue weighted by Gasteiger charge is -2.11. The van der Waals surface area contributed by atoms with E-state index in [9.17, 15) is 18.4 Å². The third-order valence-electron chi connectivity index (χ3n) is 4.41. The molecule has 1 aromatic carbocycles. The SMILES string of the molecule is O=C(NCC1(C(=O)O)CC1)C1CC1c1c(F)cccc1F. The molecule has 21 heavy (non-hydrogen) atoms. The van der Waals surface area contributed by atoms with Crippen LogP contribution in [0.2, 0.25) is 0 Å². The van der Waals surface area contributed by atoms with E-state index in [1.807, 2.05) is 0 Å². The normalized spacial score (nSPS) is 25.2. The summed E-state index contributed by atoms with van der Waals surface area (Å²) in [7, 11) is 0. The predicted molar refractivity (Wildman–Crippen MR) is 69.5 cm³/mol. The van der Waals surface area contributed by atoms with E-state index in [0.717, 1.165) is 0 Å². The molecule has 3 rings (SSSR count). The van der Waals surface area contributed by atoms with Gasteiger partial charge in [-0.15, -0.1) is 0 Å². The molecule has 0 aromatic heterocycles. The van der Waals surface area contributed by atoms with E-state index in [0.29, 0.717) is 19.3 Å². The molecule has 0 heterocycles. The summed E-state index contributed by atoms with van der Waals surface area (Å²) in [4.78, 5) is 23.0. The summed E-state index contributed by atoms with van der Waals surface area (Å²) in [5.74, 6) is -3.43. The van der Waals surface area contributed by atoms with Crippen LogP contribution in [0.4, 0.5) is 8.78 Å². The van der Waals surface area contributed by atoms with Crippen LogP contribution >= 0.6 is 0 Å². The van der Waals surface area contributed by atoms with Crippen molar-refractivity contribution in [1.29, 1.82) is 0 Å². The molecule has 0 radical (unpaired) electrons. The Morgan fingerprint density at radius 3 is 2.43 bits per heavy atom. The van der Waals surface area contributed by atoms with E-state index < -0.39 is 34.9 Å². The number of benzene rings is 1. The van der Waals surface area contributed by atoms with Crippen LogP contribution in [0.3, 0.4) is 0 Å². The van der Waals surface area contributed by atoms with Crippen molar-refractivity contribution in [2.45, 2.75) is 25.2 Å². The van der Waals surface area contributed by atoms with Crippen molar-refractivity contribution in [3.8, 4) is 0 Å². The lowest BCUT2D eigenvalue weighted by molar-refractivity contribution is -0.143. The number of carboxylic acids is 1. The van der Waals surface area contributed by atoms with Gasteiger partial charge >= 0.3 is 5.97 Å². The maximum absolute atomic E-state index is 13.6. The fraction of sp³-hybridized carbons (Fsp3) is 0.467. The lowest BCUT2D eigenvalue weighted by Crippen LogP contribution is -2.35. The van der Waals surface area contributed by atoms with E-state index >= 15 is 0 Å². The van der Waals surface area contributed by atoms with Crippen molar-refractivity contribution in [2.75, 3.05) is 6.54 Å². The number of nitrogens with one attached hydrogen (secondary N) is 1. The highest BCUT2D eigenvalue weighted by Gasteiger charge is 2.52. The van der Waals surface area contributed by atoms with Gasteiger partial charge in [0.05, 0.1) is 5.41 Å². The molecule has 2 aliphatic rings. The first-order chi connectivity index (χ1) is 9.94. The molecule has 0 bridgehead atoms. The number of amides is 1. The second kappa shape index (κ2) is 4.79. The molecule has 2 saturated carbocycles. The largest absolute Gasteiger partial charge is 0.481 e. The molecule has 0 spiro atoms. The van der Waals surface area contributed by atoms with Gasteiger partial charge in [-0.25, -0.2) is 8.78 Å². The van der Waals surface area contributed by atoms with E-state index in [4.69, 9.17) is 5.11 Å². The van der Waals surface area contributed by atoms with Crippen molar-refractivity contribution in [3.63, 3.8) is 0 Å². The summed E-state index contributed by atoms with van der Waals surface area (Å²) in [5.41, 5.74) is -0.874. The zero-order valence-corrected chi connectivity index (χ0v) is 11.2. The maximum Gasteiger partial charge on any atom is 0.311 e. The Balaban J connectivity index is 1.60. The Hall–Kier alpha value is -1.98. The topological polar surface area (TPSA) is 66.4 Å². The maximum atomic E-state index is 13.6. The summed E-state index contributed by atoms with van der Waals surface area (Å²) in [5, 5.41) is 11.6. The first-order valence-electron chi connectivity index (χ1n) is 6.90. The van der Waals surface area contributed by atoms with Gasteiger partial charge in [0, 0.05) is 23.9 Å². The minimum atomic E-state index is -0.907. The van der Waals surface area contributed by atoms with E-state index in [2.05, 4.69) is 5.32 Å². The fourth-order valence-corrected chi connectivity index (χ4v) is 2.67. The van der Waals surface area contributed by atoms with Gasteiger partial charge in [0.15, 0.2) is 0 Å².